The highest BCUT2D eigenvalue weighted by atomic mass is 16.6. The van der Waals surface area contributed by atoms with Gasteiger partial charge < -0.3 is 25.0 Å². The van der Waals surface area contributed by atoms with E-state index in [1.807, 2.05) is 12.1 Å². The number of fused-ring (bicyclic) bond motifs is 1. The predicted molar refractivity (Wildman–Crippen MR) is 75.5 cm³/mol. The summed E-state index contributed by atoms with van der Waals surface area (Å²) in [5, 5.41) is 5.80. The van der Waals surface area contributed by atoms with Crippen LogP contribution in [-0.2, 0) is 0 Å². The zero-order valence-electron chi connectivity index (χ0n) is 11.5. The van der Waals surface area contributed by atoms with Gasteiger partial charge in [-0.2, -0.15) is 0 Å². The fraction of sp³-hybridized carbons (Fsp3) is 0.500. The number of amides is 2. The van der Waals surface area contributed by atoms with E-state index >= 15 is 0 Å². The minimum Gasteiger partial charge on any atom is -0.486 e. The minimum absolute atomic E-state index is 0.179. The van der Waals surface area contributed by atoms with Gasteiger partial charge in [-0.3, -0.25) is 0 Å². The van der Waals surface area contributed by atoms with Crippen LogP contribution in [0.15, 0.2) is 18.2 Å². The molecule has 108 valence electrons. The summed E-state index contributed by atoms with van der Waals surface area (Å²) in [5.41, 5.74) is 0.707. The van der Waals surface area contributed by atoms with Gasteiger partial charge in [0.2, 0.25) is 0 Å². The molecule has 0 aromatic heterocycles. The maximum Gasteiger partial charge on any atom is 0.319 e. The van der Waals surface area contributed by atoms with Crippen LogP contribution in [0.3, 0.4) is 0 Å². The van der Waals surface area contributed by atoms with Gasteiger partial charge in [0.25, 0.3) is 0 Å². The Morgan fingerprint density at radius 1 is 1.30 bits per heavy atom. The van der Waals surface area contributed by atoms with Crippen molar-refractivity contribution in [3.8, 4) is 11.5 Å². The maximum absolute atomic E-state index is 11.9. The third-order valence-corrected chi connectivity index (χ3v) is 3.53. The zero-order chi connectivity index (χ0) is 13.9. The largest absolute Gasteiger partial charge is 0.486 e. The van der Waals surface area contributed by atoms with Crippen molar-refractivity contribution in [3.63, 3.8) is 0 Å². The van der Waals surface area contributed by atoms with Gasteiger partial charge in [0.15, 0.2) is 11.5 Å². The van der Waals surface area contributed by atoms with Gasteiger partial charge in [-0.15, -0.1) is 0 Å². The second kappa shape index (κ2) is 5.58. The topological polar surface area (TPSA) is 62.8 Å². The molecule has 0 saturated carbocycles. The lowest BCUT2D eigenvalue weighted by molar-refractivity contribution is 0.171. The second-order valence-corrected chi connectivity index (χ2v) is 5.20. The molecule has 2 heterocycles. The number of carbonyl (C=O) groups is 1. The fourth-order valence-corrected chi connectivity index (χ4v) is 2.53. The van der Waals surface area contributed by atoms with Crippen LogP contribution in [0.4, 0.5) is 10.5 Å². The molecule has 0 aliphatic carbocycles. The summed E-state index contributed by atoms with van der Waals surface area (Å²) in [6.45, 7) is 3.02. The lowest BCUT2D eigenvalue weighted by Gasteiger charge is -2.19. The number of carbonyl (C=O) groups excluding carboxylic acids is 1. The van der Waals surface area contributed by atoms with Crippen LogP contribution in [-0.4, -0.2) is 50.3 Å². The molecule has 6 heteroatoms. The van der Waals surface area contributed by atoms with Gasteiger partial charge in [0.1, 0.15) is 13.2 Å². The van der Waals surface area contributed by atoms with E-state index in [0.29, 0.717) is 24.7 Å². The van der Waals surface area contributed by atoms with Crippen molar-refractivity contribution >= 4 is 11.7 Å². The molecule has 0 bridgehead atoms. The van der Waals surface area contributed by atoms with E-state index in [4.69, 9.17) is 9.47 Å². The Balaban J connectivity index is 1.58. The molecule has 2 N–H and O–H groups in total. The van der Waals surface area contributed by atoms with Gasteiger partial charge in [-0.05, 0) is 32.1 Å². The highest BCUT2D eigenvalue weighted by molar-refractivity contribution is 5.89. The first-order valence-corrected chi connectivity index (χ1v) is 6.86. The molecule has 1 aromatic carbocycles. The van der Waals surface area contributed by atoms with Gasteiger partial charge in [-0.25, -0.2) is 4.79 Å². The van der Waals surface area contributed by atoms with Crippen molar-refractivity contribution in [1.82, 2.24) is 10.2 Å². The number of hydrogen-bond acceptors (Lipinski definition) is 4. The molecule has 2 aliphatic rings. The first-order valence-electron chi connectivity index (χ1n) is 6.86. The van der Waals surface area contributed by atoms with E-state index in [2.05, 4.69) is 22.6 Å². The Labute approximate surface area is 118 Å². The van der Waals surface area contributed by atoms with Gasteiger partial charge in [-0.1, -0.05) is 0 Å². The van der Waals surface area contributed by atoms with Crippen LogP contribution >= 0.6 is 0 Å². The first-order chi connectivity index (χ1) is 9.70. The van der Waals surface area contributed by atoms with E-state index in [1.54, 1.807) is 6.07 Å². The first kappa shape index (κ1) is 13.1. The van der Waals surface area contributed by atoms with Crippen LogP contribution in [0.1, 0.15) is 6.42 Å². The molecule has 20 heavy (non-hydrogen) atoms. The number of rotatable bonds is 2. The molecule has 2 amide bonds. The van der Waals surface area contributed by atoms with Crippen LogP contribution in [0.5, 0.6) is 11.5 Å². The van der Waals surface area contributed by atoms with Crippen LogP contribution in [0.25, 0.3) is 0 Å². The smallest absolute Gasteiger partial charge is 0.319 e. The molecular weight excluding hydrogens is 258 g/mol. The number of nitrogens with one attached hydrogen (secondary N) is 2. The molecular formula is C14H19N3O3. The molecule has 1 aromatic rings. The molecule has 1 atom stereocenters. The Morgan fingerprint density at radius 2 is 2.10 bits per heavy atom. The van der Waals surface area contributed by atoms with Crippen molar-refractivity contribution in [2.24, 2.45) is 0 Å². The highest BCUT2D eigenvalue weighted by Crippen LogP contribution is 2.32. The summed E-state index contributed by atoms with van der Waals surface area (Å²) in [7, 11) is 2.06. The Morgan fingerprint density at radius 3 is 2.85 bits per heavy atom. The maximum atomic E-state index is 11.9. The molecule has 6 nitrogen and oxygen atoms in total. The van der Waals surface area contributed by atoms with Crippen LogP contribution < -0.4 is 20.1 Å². The van der Waals surface area contributed by atoms with Gasteiger partial charge >= 0.3 is 6.03 Å². The Hall–Kier alpha value is -1.95. The average Bonchev–Trinajstić information content (AvgIpc) is 2.83. The van der Waals surface area contributed by atoms with Gasteiger partial charge in [0.05, 0.1) is 0 Å². The molecule has 0 unspecified atom stereocenters. The van der Waals surface area contributed by atoms with E-state index in [-0.39, 0.29) is 12.1 Å². The average molecular weight is 277 g/mol. The summed E-state index contributed by atoms with van der Waals surface area (Å²) in [6, 6.07) is 5.45. The fourth-order valence-electron chi connectivity index (χ4n) is 2.53. The van der Waals surface area contributed by atoms with E-state index < -0.39 is 0 Å². The van der Waals surface area contributed by atoms with Gasteiger partial charge in [0, 0.05) is 24.3 Å². The van der Waals surface area contributed by atoms with Crippen molar-refractivity contribution < 1.29 is 14.3 Å². The van der Waals surface area contributed by atoms with Crippen LogP contribution in [0.2, 0.25) is 0 Å². The number of likely N-dealkylation sites (N-methyl/N-ethyl adjacent to an activating group) is 1. The van der Waals surface area contributed by atoms with Crippen LogP contribution in [0, 0.1) is 0 Å². The van der Waals surface area contributed by atoms with Crippen molar-refractivity contribution in [1.29, 1.82) is 0 Å². The van der Waals surface area contributed by atoms with E-state index in [1.165, 1.54) is 0 Å². The summed E-state index contributed by atoms with van der Waals surface area (Å²) >= 11 is 0. The number of anilines is 1. The molecule has 1 saturated heterocycles. The van der Waals surface area contributed by atoms with Crippen molar-refractivity contribution in [3.05, 3.63) is 18.2 Å². The number of ether oxygens (including phenoxy) is 2. The normalized spacial score (nSPS) is 21.6. The van der Waals surface area contributed by atoms with Crippen molar-refractivity contribution in [2.45, 2.75) is 12.5 Å². The quantitative estimate of drug-likeness (QED) is 0.855. The summed E-state index contributed by atoms with van der Waals surface area (Å²) in [5.74, 6) is 1.40. The number of nitrogens with zero attached hydrogens (tertiary/aromatic N) is 1. The molecule has 0 radical (unpaired) electrons. The SMILES string of the molecule is CN1CC[C@@H](NC(=O)Nc2ccc3c(c2)OCCO3)C1. The summed E-state index contributed by atoms with van der Waals surface area (Å²) in [6.07, 6.45) is 0.991. The monoisotopic (exact) mass is 277 g/mol. The Kier molecular flexibility index (Phi) is 3.64. The summed E-state index contributed by atoms with van der Waals surface area (Å²) in [4.78, 5) is 14.1. The lowest BCUT2D eigenvalue weighted by Crippen LogP contribution is -2.39. The zero-order valence-corrected chi connectivity index (χ0v) is 11.5. The van der Waals surface area contributed by atoms with E-state index in [9.17, 15) is 4.79 Å². The molecule has 2 aliphatic heterocycles. The van der Waals surface area contributed by atoms with Crippen molar-refractivity contribution in [2.75, 3.05) is 38.7 Å². The second-order valence-electron chi connectivity index (χ2n) is 5.20. The Bertz CT molecular complexity index is 506. The molecule has 1 fully saturated rings. The number of benzene rings is 1. The summed E-state index contributed by atoms with van der Waals surface area (Å²) < 4.78 is 10.9. The van der Waals surface area contributed by atoms with E-state index in [0.717, 1.165) is 25.3 Å². The third-order valence-electron chi connectivity index (χ3n) is 3.53. The third kappa shape index (κ3) is 2.96. The number of urea groups is 1. The minimum atomic E-state index is -0.179. The molecule has 0 spiro atoms. The highest BCUT2D eigenvalue weighted by Gasteiger charge is 2.21. The number of likely N-dealkylation sites (tertiary alicyclic amines) is 1. The predicted octanol–water partition coefficient (Wildman–Crippen LogP) is 1.28. The number of hydrogen-bond donors (Lipinski definition) is 2. The molecule has 3 rings (SSSR count). The standard InChI is InChI=1S/C14H19N3O3/c1-17-5-4-11(9-17)16-14(18)15-10-2-3-12-13(8-10)20-7-6-19-12/h2-3,8,11H,4-7,9H2,1H3,(H2,15,16,18)/t11-/m1/s1. The lowest BCUT2D eigenvalue weighted by atomic mass is 10.2.